The van der Waals surface area contributed by atoms with Crippen molar-refractivity contribution in [2.75, 3.05) is 0 Å². The molecule has 0 heterocycles. The molecule has 0 spiro atoms. The van der Waals surface area contributed by atoms with E-state index in [1.807, 2.05) is 38.1 Å². The van der Waals surface area contributed by atoms with Gasteiger partial charge in [-0.2, -0.15) is 0 Å². The van der Waals surface area contributed by atoms with Gasteiger partial charge in [0.05, 0.1) is 6.10 Å². The minimum atomic E-state index is -0.263. The van der Waals surface area contributed by atoms with Gasteiger partial charge in [0.25, 0.3) is 0 Å². The van der Waals surface area contributed by atoms with Crippen LogP contribution in [-0.2, 0) is 6.42 Å². The molecule has 0 saturated carbocycles. The molecule has 13 heavy (non-hydrogen) atoms. The van der Waals surface area contributed by atoms with Crippen LogP contribution in [0.2, 0.25) is 5.02 Å². The zero-order valence-electron chi connectivity index (χ0n) is 8.00. The van der Waals surface area contributed by atoms with Crippen molar-refractivity contribution < 1.29 is 5.11 Å². The molecule has 1 rings (SSSR count). The maximum atomic E-state index is 9.62. The van der Waals surface area contributed by atoms with E-state index in [0.717, 1.165) is 10.6 Å². The quantitative estimate of drug-likeness (QED) is 0.792. The Labute approximate surface area is 84.4 Å². The van der Waals surface area contributed by atoms with E-state index in [-0.39, 0.29) is 6.10 Å². The van der Waals surface area contributed by atoms with Crippen LogP contribution in [0.1, 0.15) is 19.4 Å². The van der Waals surface area contributed by atoms with E-state index < -0.39 is 0 Å². The van der Waals surface area contributed by atoms with Gasteiger partial charge in [0, 0.05) is 5.02 Å². The topological polar surface area (TPSA) is 20.2 Å². The second-order valence-corrected chi connectivity index (χ2v) is 4.08. The Morgan fingerprint density at radius 2 is 1.77 bits per heavy atom. The van der Waals surface area contributed by atoms with E-state index in [0.29, 0.717) is 12.3 Å². The predicted molar refractivity (Wildman–Crippen MR) is 56.0 cm³/mol. The number of rotatable bonds is 3. The zero-order valence-corrected chi connectivity index (χ0v) is 8.75. The van der Waals surface area contributed by atoms with E-state index in [9.17, 15) is 5.11 Å². The lowest BCUT2D eigenvalue weighted by molar-refractivity contribution is 0.126. The van der Waals surface area contributed by atoms with Gasteiger partial charge in [-0.05, 0) is 30.0 Å². The van der Waals surface area contributed by atoms with Gasteiger partial charge in [-0.15, -0.1) is 0 Å². The highest BCUT2D eigenvalue weighted by molar-refractivity contribution is 6.30. The van der Waals surface area contributed by atoms with Crippen molar-refractivity contribution in [2.45, 2.75) is 26.4 Å². The number of halogens is 1. The average Bonchev–Trinajstić information content (AvgIpc) is 2.08. The molecule has 2 heteroatoms. The summed E-state index contributed by atoms with van der Waals surface area (Å²) < 4.78 is 0. The molecule has 0 aliphatic carbocycles. The monoisotopic (exact) mass is 198 g/mol. The van der Waals surface area contributed by atoms with Crippen LogP contribution in [-0.4, -0.2) is 11.2 Å². The van der Waals surface area contributed by atoms with Crippen LogP contribution in [0.25, 0.3) is 0 Å². The number of hydrogen-bond donors (Lipinski definition) is 1. The van der Waals surface area contributed by atoms with E-state index in [2.05, 4.69) is 0 Å². The first kappa shape index (κ1) is 10.6. The molecule has 0 aliphatic heterocycles. The van der Waals surface area contributed by atoms with Crippen LogP contribution in [0.5, 0.6) is 0 Å². The maximum absolute atomic E-state index is 9.62. The minimum absolute atomic E-state index is 0.263. The van der Waals surface area contributed by atoms with Crippen molar-refractivity contribution in [3.63, 3.8) is 0 Å². The number of benzene rings is 1. The summed E-state index contributed by atoms with van der Waals surface area (Å²) in [6, 6.07) is 7.61. The Morgan fingerprint density at radius 1 is 1.23 bits per heavy atom. The van der Waals surface area contributed by atoms with Crippen LogP contribution in [0.3, 0.4) is 0 Å². The fourth-order valence-corrected chi connectivity index (χ4v) is 1.22. The Kier molecular flexibility index (Phi) is 3.76. The summed E-state index contributed by atoms with van der Waals surface area (Å²) in [6.45, 7) is 4.03. The van der Waals surface area contributed by atoms with Gasteiger partial charge in [0.2, 0.25) is 0 Å². The summed E-state index contributed by atoms with van der Waals surface area (Å²) in [5, 5.41) is 10.4. The summed E-state index contributed by atoms with van der Waals surface area (Å²) in [7, 11) is 0. The fourth-order valence-electron chi connectivity index (χ4n) is 1.10. The summed E-state index contributed by atoms with van der Waals surface area (Å²) in [5.41, 5.74) is 1.13. The molecule has 0 aliphatic rings. The highest BCUT2D eigenvalue weighted by Crippen LogP contribution is 2.13. The molecule has 0 radical (unpaired) electrons. The van der Waals surface area contributed by atoms with Crippen LogP contribution < -0.4 is 0 Å². The molecule has 1 nitrogen and oxygen atoms in total. The van der Waals surface area contributed by atoms with E-state index in [1.165, 1.54) is 0 Å². The molecule has 0 aromatic heterocycles. The van der Waals surface area contributed by atoms with Gasteiger partial charge in [0.1, 0.15) is 0 Å². The Bertz CT molecular complexity index is 253. The molecule has 72 valence electrons. The number of aliphatic hydroxyl groups is 1. The Morgan fingerprint density at radius 3 is 2.23 bits per heavy atom. The first-order valence-corrected chi connectivity index (χ1v) is 4.90. The SMILES string of the molecule is CC(C)[C@H](O)Cc1ccc(Cl)cc1. The fraction of sp³-hybridized carbons (Fsp3) is 0.455. The molecule has 1 aromatic carbocycles. The van der Waals surface area contributed by atoms with E-state index in [4.69, 9.17) is 11.6 Å². The minimum Gasteiger partial charge on any atom is -0.393 e. The van der Waals surface area contributed by atoms with Gasteiger partial charge in [0.15, 0.2) is 0 Å². The zero-order chi connectivity index (χ0) is 9.84. The molecule has 0 unspecified atom stereocenters. The van der Waals surface area contributed by atoms with Crippen LogP contribution >= 0.6 is 11.6 Å². The van der Waals surface area contributed by atoms with Crippen LogP contribution in [0.4, 0.5) is 0 Å². The largest absolute Gasteiger partial charge is 0.393 e. The molecule has 0 saturated heterocycles. The second kappa shape index (κ2) is 4.64. The maximum Gasteiger partial charge on any atom is 0.0603 e. The molecule has 1 N–H and O–H groups in total. The number of aliphatic hydroxyl groups excluding tert-OH is 1. The lowest BCUT2D eigenvalue weighted by atomic mass is 9.99. The summed E-state index contributed by atoms with van der Waals surface area (Å²) >= 11 is 5.75. The van der Waals surface area contributed by atoms with Gasteiger partial charge < -0.3 is 5.11 Å². The average molecular weight is 199 g/mol. The third kappa shape index (κ3) is 3.37. The predicted octanol–water partition coefficient (Wildman–Crippen LogP) is 2.90. The smallest absolute Gasteiger partial charge is 0.0603 e. The van der Waals surface area contributed by atoms with Crippen molar-refractivity contribution in [1.82, 2.24) is 0 Å². The normalized spacial score (nSPS) is 13.3. The first-order valence-electron chi connectivity index (χ1n) is 4.52. The molecular weight excluding hydrogens is 184 g/mol. The van der Waals surface area contributed by atoms with E-state index in [1.54, 1.807) is 0 Å². The van der Waals surface area contributed by atoms with Gasteiger partial charge >= 0.3 is 0 Å². The molecule has 0 bridgehead atoms. The third-order valence-corrected chi connectivity index (χ3v) is 2.38. The highest BCUT2D eigenvalue weighted by Gasteiger charge is 2.09. The highest BCUT2D eigenvalue weighted by atomic mass is 35.5. The molecule has 1 aromatic rings. The lowest BCUT2D eigenvalue weighted by Crippen LogP contribution is -2.17. The van der Waals surface area contributed by atoms with Gasteiger partial charge in [-0.25, -0.2) is 0 Å². The summed E-state index contributed by atoms with van der Waals surface area (Å²) in [5.74, 6) is 0.302. The second-order valence-electron chi connectivity index (χ2n) is 3.64. The molecule has 0 fully saturated rings. The molecule has 0 amide bonds. The molecular formula is C11H15ClO. The van der Waals surface area contributed by atoms with Gasteiger partial charge in [-0.3, -0.25) is 0 Å². The van der Waals surface area contributed by atoms with Crippen molar-refractivity contribution in [3.05, 3.63) is 34.9 Å². The van der Waals surface area contributed by atoms with Crippen LogP contribution in [0.15, 0.2) is 24.3 Å². The summed E-state index contributed by atoms with van der Waals surface area (Å²) in [4.78, 5) is 0. The van der Waals surface area contributed by atoms with Crippen molar-refractivity contribution >= 4 is 11.6 Å². The third-order valence-electron chi connectivity index (χ3n) is 2.13. The van der Waals surface area contributed by atoms with Crippen molar-refractivity contribution in [2.24, 2.45) is 5.92 Å². The standard InChI is InChI=1S/C11H15ClO/c1-8(2)11(13)7-9-3-5-10(12)6-4-9/h3-6,8,11,13H,7H2,1-2H3/t11-/m1/s1. The van der Waals surface area contributed by atoms with Gasteiger partial charge in [-0.1, -0.05) is 37.6 Å². The lowest BCUT2D eigenvalue weighted by Gasteiger charge is -2.13. The Balaban J connectivity index is 2.59. The van der Waals surface area contributed by atoms with E-state index >= 15 is 0 Å². The first-order chi connectivity index (χ1) is 6.09. The Hall–Kier alpha value is -0.530. The summed E-state index contributed by atoms with van der Waals surface area (Å²) in [6.07, 6.45) is 0.440. The number of hydrogen-bond acceptors (Lipinski definition) is 1. The van der Waals surface area contributed by atoms with Crippen LogP contribution in [0, 0.1) is 5.92 Å². The van der Waals surface area contributed by atoms with Crippen molar-refractivity contribution in [3.8, 4) is 0 Å². The molecule has 1 atom stereocenters. The van der Waals surface area contributed by atoms with Crippen molar-refractivity contribution in [1.29, 1.82) is 0 Å².